The van der Waals surface area contributed by atoms with E-state index in [0.29, 0.717) is 22.0 Å². The van der Waals surface area contributed by atoms with Gasteiger partial charge in [-0.1, -0.05) is 23.7 Å². The molecule has 0 aliphatic heterocycles. The summed E-state index contributed by atoms with van der Waals surface area (Å²) in [7, 11) is 0. The highest BCUT2D eigenvalue weighted by Gasteiger charge is 2.14. The maximum atomic E-state index is 14.3. The number of pyridine rings is 2. The molecule has 1 N–H and O–H groups in total. The van der Waals surface area contributed by atoms with Crippen LogP contribution in [-0.2, 0) is 6.54 Å². The van der Waals surface area contributed by atoms with Gasteiger partial charge in [0.2, 0.25) is 0 Å². The lowest BCUT2D eigenvalue weighted by molar-refractivity contribution is 0.0946. The van der Waals surface area contributed by atoms with Crippen molar-refractivity contribution >= 4 is 17.5 Å². The molecule has 0 unspecified atom stereocenters. The van der Waals surface area contributed by atoms with E-state index in [1.165, 1.54) is 12.1 Å². The molecule has 3 aromatic rings. The third-order valence-corrected chi connectivity index (χ3v) is 3.71. The predicted molar refractivity (Wildman–Crippen MR) is 90.0 cm³/mol. The van der Waals surface area contributed by atoms with E-state index in [0.717, 1.165) is 0 Å². The van der Waals surface area contributed by atoms with E-state index in [1.54, 1.807) is 42.7 Å². The van der Waals surface area contributed by atoms with Crippen LogP contribution in [0.4, 0.5) is 4.39 Å². The monoisotopic (exact) mass is 341 g/mol. The van der Waals surface area contributed by atoms with E-state index in [2.05, 4.69) is 15.3 Å². The van der Waals surface area contributed by atoms with Crippen LogP contribution in [0.15, 0.2) is 60.9 Å². The number of benzene rings is 1. The molecule has 120 valence electrons. The van der Waals surface area contributed by atoms with Crippen LogP contribution in [0.5, 0.6) is 0 Å². The topological polar surface area (TPSA) is 54.9 Å². The van der Waals surface area contributed by atoms with E-state index in [-0.39, 0.29) is 12.1 Å². The molecule has 0 spiro atoms. The maximum absolute atomic E-state index is 14.3. The third-order valence-electron chi connectivity index (χ3n) is 3.40. The summed E-state index contributed by atoms with van der Waals surface area (Å²) >= 11 is 6.06. The van der Waals surface area contributed by atoms with Gasteiger partial charge in [0, 0.05) is 18.0 Å². The molecule has 0 saturated heterocycles. The molecule has 0 bridgehead atoms. The van der Waals surface area contributed by atoms with Crippen molar-refractivity contribution in [3.05, 3.63) is 83.0 Å². The van der Waals surface area contributed by atoms with Crippen LogP contribution in [-0.4, -0.2) is 15.9 Å². The van der Waals surface area contributed by atoms with E-state index < -0.39 is 11.7 Å². The summed E-state index contributed by atoms with van der Waals surface area (Å²) in [5.74, 6) is -1.13. The van der Waals surface area contributed by atoms with Gasteiger partial charge in [0.1, 0.15) is 5.82 Å². The zero-order valence-electron chi connectivity index (χ0n) is 12.5. The number of hydrogen-bond donors (Lipinski definition) is 1. The molecule has 0 atom stereocenters. The Balaban J connectivity index is 1.77. The molecule has 24 heavy (non-hydrogen) atoms. The number of carbonyl (C=O) groups is 1. The van der Waals surface area contributed by atoms with Crippen molar-refractivity contribution in [1.82, 2.24) is 15.3 Å². The van der Waals surface area contributed by atoms with Crippen molar-refractivity contribution < 1.29 is 9.18 Å². The standard InChI is InChI=1S/C18H13ClFN3O/c19-15-5-3-9-22-17(15)12-6-7-14(16(20)10-12)18(24)23-11-13-4-1-2-8-21-13/h1-10H,11H2,(H,23,24). The largest absolute Gasteiger partial charge is 0.346 e. The number of rotatable bonds is 4. The lowest BCUT2D eigenvalue weighted by Crippen LogP contribution is -2.24. The highest BCUT2D eigenvalue weighted by Crippen LogP contribution is 2.26. The molecule has 0 radical (unpaired) electrons. The van der Waals surface area contributed by atoms with Crippen molar-refractivity contribution in [2.75, 3.05) is 0 Å². The fraction of sp³-hybridized carbons (Fsp3) is 0.0556. The highest BCUT2D eigenvalue weighted by atomic mass is 35.5. The van der Waals surface area contributed by atoms with Gasteiger partial charge in [-0.05, 0) is 36.4 Å². The SMILES string of the molecule is O=C(NCc1ccccn1)c1ccc(-c2ncccc2Cl)cc1F. The molecule has 1 amide bonds. The Morgan fingerprint density at radius 1 is 1.08 bits per heavy atom. The Morgan fingerprint density at radius 3 is 2.62 bits per heavy atom. The highest BCUT2D eigenvalue weighted by molar-refractivity contribution is 6.33. The second kappa shape index (κ2) is 7.19. The average molecular weight is 342 g/mol. The van der Waals surface area contributed by atoms with Crippen molar-refractivity contribution in [2.24, 2.45) is 0 Å². The van der Waals surface area contributed by atoms with Gasteiger partial charge in [0.15, 0.2) is 0 Å². The zero-order chi connectivity index (χ0) is 16.9. The van der Waals surface area contributed by atoms with Gasteiger partial charge in [0.05, 0.1) is 28.5 Å². The van der Waals surface area contributed by atoms with Gasteiger partial charge < -0.3 is 5.32 Å². The first-order valence-electron chi connectivity index (χ1n) is 7.23. The molecule has 0 aliphatic carbocycles. The molecule has 1 aromatic carbocycles. The minimum atomic E-state index is -0.632. The second-order valence-corrected chi connectivity index (χ2v) is 5.44. The molecular formula is C18H13ClFN3O. The lowest BCUT2D eigenvalue weighted by atomic mass is 10.1. The first-order valence-corrected chi connectivity index (χ1v) is 7.61. The molecule has 2 heterocycles. The van der Waals surface area contributed by atoms with Crippen molar-refractivity contribution in [3.63, 3.8) is 0 Å². The van der Waals surface area contributed by atoms with Gasteiger partial charge in [-0.15, -0.1) is 0 Å². The number of aromatic nitrogens is 2. The van der Waals surface area contributed by atoms with Crippen LogP contribution in [0.2, 0.25) is 5.02 Å². The molecule has 4 nitrogen and oxygen atoms in total. The fourth-order valence-corrected chi connectivity index (χ4v) is 2.44. The number of carbonyl (C=O) groups excluding carboxylic acids is 1. The van der Waals surface area contributed by atoms with Crippen LogP contribution in [0.1, 0.15) is 16.1 Å². The molecule has 0 saturated carbocycles. The predicted octanol–water partition coefficient (Wildman–Crippen LogP) is 3.87. The molecule has 0 fully saturated rings. The molecule has 6 heteroatoms. The Hall–Kier alpha value is -2.79. The summed E-state index contributed by atoms with van der Waals surface area (Å²) in [5.41, 5.74) is 1.64. The summed E-state index contributed by atoms with van der Waals surface area (Å²) in [5, 5.41) is 3.06. The maximum Gasteiger partial charge on any atom is 0.254 e. The van der Waals surface area contributed by atoms with Gasteiger partial charge in [0.25, 0.3) is 5.91 Å². The Labute approximate surface area is 143 Å². The zero-order valence-corrected chi connectivity index (χ0v) is 13.3. The van der Waals surface area contributed by atoms with E-state index in [4.69, 9.17) is 11.6 Å². The van der Waals surface area contributed by atoms with Crippen LogP contribution in [0, 0.1) is 5.82 Å². The van der Waals surface area contributed by atoms with Crippen LogP contribution < -0.4 is 5.32 Å². The molecular weight excluding hydrogens is 329 g/mol. The normalized spacial score (nSPS) is 10.4. The number of nitrogens with one attached hydrogen (secondary N) is 1. The quantitative estimate of drug-likeness (QED) is 0.783. The summed E-state index contributed by atoms with van der Waals surface area (Å²) in [6, 6.07) is 13.0. The van der Waals surface area contributed by atoms with Crippen molar-refractivity contribution in [2.45, 2.75) is 6.54 Å². The Kier molecular flexibility index (Phi) is 4.82. The number of nitrogens with zero attached hydrogens (tertiary/aromatic N) is 2. The first-order chi connectivity index (χ1) is 11.6. The second-order valence-electron chi connectivity index (χ2n) is 5.03. The number of amides is 1. The summed E-state index contributed by atoms with van der Waals surface area (Å²) in [6.45, 7) is 0.229. The number of halogens is 2. The van der Waals surface area contributed by atoms with Crippen molar-refractivity contribution in [3.8, 4) is 11.3 Å². The van der Waals surface area contributed by atoms with Crippen LogP contribution in [0.25, 0.3) is 11.3 Å². The van der Waals surface area contributed by atoms with Crippen LogP contribution >= 0.6 is 11.6 Å². The minimum absolute atomic E-state index is 0.0401. The summed E-state index contributed by atoms with van der Waals surface area (Å²) < 4.78 is 14.3. The van der Waals surface area contributed by atoms with Crippen LogP contribution in [0.3, 0.4) is 0 Å². The minimum Gasteiger partial charge on any atom is -0.346 e. The van der Waals surface area contributed by atoms with Gasteiger partial charge in [-0.2, -0.15) is 0 Å². The lowest BCUT2D eigenvalue weighted by Gasteiger charge is -2.08. The molecule has 2 aromatic heterocycles. The fourth-order valence-electron chi connectivity index (χ4n) is 2.21. The summed E-state index contributed by atoms with van der Waals surface area (Å²) in [4.78, 5) is 20.4. The average Bonchev–Trinajstić information content (AvgIpc) is 2.61. The number of hydrogen-bond acceptors (Lipinski definition) is 3. The van der Waals surface area contributed by atoms with Crippen molar-refractivity contribution in [1.29, 1.82) is 0 Å². The van der Waals surface area contributed by atoms with Gasteiger partial charge in [-0.3, -0.25) is 14.8 Å². The third kappa shape index (κ3) is 3.58. The van der Waals surface area contributed by atoms with E-state index in [1.807, 2.05) is 6.07 Å². The smallest absolute Gasteiger partial charge is 0.254 e. The van der Waals surface area contributed by atoms with E-state index in [9.17, 15) is 9.18 Å². The van der Waals surface area contributed by atoms with Gasteiger partial charge in [-0.25, -0.2) is 4.39 Å². The summed E-state index contributed by atoms with van der Waals surface area (Å²) in [6.07, 6.45) is 3.21. The van der Waals surface area contributed by atoms with E-state index >= 15 is 0 Å². The first kappa shape index (κ1) is 16.1. The molecule has 0 aliphatic rings. The molecule has 3 rings (SSSR count). The Morgan fingerprint density at radius 2 is 1.92 bits per heavy atom. The Bertz CT molecular complexity index is 871. The van der Waals surface area contributed by atoms with Gasteiger partial charge >= 0.3 is 0 Å².